The first-order chi connectivity index (χ1) is 10.6. The van der Waals surface area contributed by atoms with Gasteiger partial charge in [0.15, 0.2) is 0 Å². The molecule has 0 saturated heterocycles. The summed E-state index contributed by atoms with van der Waals surface area (Å²) in [4.78, 5) is 16.0. The molecular formula is C15H20Cl2N4O2. The van der Waals surface area contributed by atoms with Gasteiger partial charge in [-0.05, 0) is 36.7 Å². The molecule has 0 spiro atoms. The van der Waals surface area contributed by atoms with Gasteiger partial charge in [0.05, 0.1) is 0 Å². The van der Waals surface area contributed by atoms with Crippen LogP contribution in [0.3, 0.4) is 0 Å². The standard InChI is InChI=1S/C15H19ClN4O2.ClH/c1-10(8-17)9-18-13(21)6-7-14-19-15(20-22-14)11-2-4-12(16)5-3-11;/h2-5,10H,6-9,17H2,1H3,(H,18,21);1H. The first kappa shape index (κ1) is 19.4. The van der Waals surface area contributed by atoms with Crippen LogP contribution in [0.2, 0.25) is 5.02 Å². The molecule has 0 fully saturated rings. The summed E-state index contributed by atoms with van der Waals surface area (Å²) in [6.07, 6.45) is 0.711. The largest absolute Gasteiger partial charge is 0.356 e. The van der Waals surface area contributed by atoms with Gasteiger partial charge in [0.1, 0.15) is 0 Å². The number of aryl methyl sites for hydroxylation is 1. The number of halogens is 2. The normalized spacial score (nSPS) is 11.6. The van der Waals surface area contributed by atoms with Gasteiger partial charge in [-0.2, -0.15) is 4.98 Å². The van der Waals surface area contributed by atoms with Gasteiger partial charge in [0.25, 0.3) is 0 Å². The molecule has 1 aromatic heterocycles. The maximum Gasteiger partial charge on any atom is 0.227 e. The smallest absolute Gasteiger partial charge is 0.227 e. The monoisotopic (exact) mass is 358 g/mol. The van der Waals surface area contributed by atoms with E-state index in [1.54, 1.807) is 12.1 Å². The third kappa shape index (κ3) is 6.17. The predicted molar refractivity (Wildman–Crippen MR) is 91.5 cm³/mol. The molecule has 0 radical (unpaired) electrons. The average Bonchev–Trinajstić information content (AvgIpc) is 3.00. The molecule has 3 N–H and O–H groups in total. The first-order valence-corrected chi connectivity index (χ1v) is 7.51. The van der Waals surface area contributed by atoms with Gasteiger partial charge in [-0.25, -0.2) is 0 Å². The maximum absolute atomic E-state index is 11.7. The average molecular weight is 359 g/mol. The number of nitrogens with one attached hydrogen (secondary N) is 1. The Morgan fingerprint density at radius 2 is 2.09 bits per heavy atom. The fourth-order valence-corrected chi connectivity index (χ4v) is 1.88. The van der Waals surface area contributed by atoms with Gasteiger partial charge < -0.3 is 15.6 Å². The summed E-state index contributed by atoms with van der Waals surface area (Å²) in [6.45, 7) is 3.11. The maximum atomic E-state index is 11.7. The van der Waals surface area contributed by atoms with E-state index in [4.69, 9.17) is 21.9 Å². The summed E-state index contributed by atoms with van der Waals surface area (Å²) in [7, 11) is 0. The second-order valence-electron chi connectivity index (χ2n) is 5.16. The van der Waals surface area contributed by atoms with Crippen LogP contribution in [0.4, 0.5) is 0 Å². The number of nitrogens with two attached hydrogens (primary N) is 1. The number of hydrogen-bond acceptors (Lipinski definition) is 5. The fraction of sp³-hybridized carbons (Fsp3) is 0.400. The fourth-order valence-electron chi connectivity index (χ4n) is 1.75. The molecule has 2 rings (SSSR count). The van der Waals surface area contributed by atoms with Gasteiger partial charge in [-0.3, -0.25) is 4.79 Å². The van der Waals surface area contributed by atoms with Crippen molar-refractivity contribution in [1.29, 1.82) is 0 Å². The van der Waals surface area contributed by atoms with Crippen LogP contribution in [0, 0.1) is 5.92 Å². The van der Waals surface area contributed by atoms with Crippen molar-refractivity contribution in [3.05, 3.63) is 35.2 Å². The van der Waals surface area contributed by atoms with Crippen molar-refractivity contribution in [2.75, 3.05) is 13.1 Å². The van der Waals surface area contributed by atoms with Gasteiger partial charge in [-0.1, -0.05) is 23.7 Å². The molecule has 6 nitrogen and oxygen atoms in total. The minimum absolute atomic E-state index is 0. The molecule has 0 bridgehead atoms. The van der Waals surface area contributed by atoms with Crippen molar-refractivity contribution in [2.24, 2.45) is 11.7 Å². The number of aromatic nitrogens is 2. The minimum Gasteiger partial charge on any atom is -0.356 e. The highest BCUT2D eigenvalue weighted by atomic mass is 35.5. The lowest BCUT2D eigenvalue weighted by Crippen LogP contribution is -2.31. The second kappa shape index (κ2) is 9.50. The highest BCUT2D eigenvalue weighted by Crippen LogP contribution is 2.18. The third-order valence-electron chi connectivity index (χ3n) is 3.19. The number of hydrogen-bond donors (Lipinski definition) is 2. The topological polar surface area (TPSA) is 94.0 Å². The van der Waals surface area contributed by atoms with Crippen LogP contribution in [-0.4, -0.2) is 29.1 Å². The Hall–Kier alpha value is -1.63. The van der Waals surface area contributed by atoms with Crippen LogP contribution in [0.15, 0.2) is 28.8 Å². The number of carbonyl (C=O) groups is 1. The molecule has 2 aromatic rings. The number of rotatable bonds is 7. The van der Waals surface area contributed by atoms with Crippen LogP contribution in [0.1, 0.15) is 19.2 Å². The van der Waals surface area contributed by atoms with Crippen LogP contribution in [0.5, 0.6) is 0 Å². The zero-order valence-electron chi connectivity index (χ0n) is 12.8. The van der Waals surface area contributed by atoms with Crippen LogP contribution in [-0.2, 0) is 11.2 Å². The molecule has 0 aliphatic carbocycles. The van der Waals surface area contributed by atoms with Crippen LogP contribution >= 0.6 is 24.0 Å². The lowest BCUT2D eigenvalue weighted by atomic mass is 10.2. The summed E-state index contributed by atoms with van der Waals surface area (Å²) in [5.41, 5.74) is 6.32. The lowest BCUT2D eigenvalue weighted by Gasteiger charge is -2.09. The van der Waals surface area contributed by atoms with E-state index in [-0.39, 0.29) is 24.2 Å². The van der Waals surface area contributed by atoms with E-state index in [9.17, 15) is 4.79 Å². The molecule has 1 aromatic carbocycles. The summed E-state index contributed by atoms with van der Waals surface area (Å²) in [5.74, 6) is 1.14. The number of benzene rings is 1. The molecule has 0 aliphatic heterocycles. The highest BCUT2D eigenvalue weighted by molar-refractivity contribution is 6.30. The van der Waals surface area contributed by atoms with Crippen LogP contribution in [0.25, 0.3) is 11.4 Å². The van der Waals surface area contributed by atoms with Gasteiger partial charge in [-0.15, -0.1) is 12.4 Å². The minimum atomic E-state index is -0.0495. The van der Waals surface area contributed by atoms with Crippen molar-refractivity contribution < 1.29 is 9.32 Å². The molecule has 1 atom stereocenters. The van der Waals surface area contributed by atoms with E-state index in [1.165, 1.54) is 0 Å². The third-order valence-corrected chi connectivity index (χ3v) is 3.44. The zero-order chi connectivity index (χ0) is 15.9. The Bertz CT molecular complexity index is 616. The van der Waals surface area contributed by atoms with E-state index >= 15 is 0 Å². The van der Waals surface area contributed by atoms with Crippen molar-refractivity contribution in [1.82, 2.24) is 15.5 Å². The molecule has 23 heavy (non-hydrogen) atoms. The molecule has 1 heterocycles. The number of carbonyl (C=O) groups excluding carboxylic acids is 1. The van der Waals surface area contributed by atoms with E-state index in [0.29, 0.717) is 42.7 Å². The van der Waals surface area contributed by atoms with E-state index in [1.807, 2.05) is 19.1 Å². The van der Waals surface area contributed by atoms with E-state index in [0.717, 1.165) is 5.56 Å². The summed E-state index contributed by atoms with van der Waals surface area (Å²) in [5, 5.41) is 7.38. The van der Waals surface area contributed by atoms with E-state index < -0.39 is 0 Å². The van der Waals surface area contributed by atoms with Crippen molar-refractivity contribution >= 4 is 29.9 Å². The van der Waals surface area contributed by atoms with Gasteiger partial charge >= 0.3 is 0 Å². The molecule has 8 heteroatoms. The number of amides is 1. The highest BCUT2D eigenvalue weighted by Gasteiger charge is 2.11. The molecule has 0 aliphatic rings. The van der Waals surface area contributed by atoms with Crippen molar-refractivity contribution in [3.8, 4) is 11.4 Å². The summed E-state index contributed by atoms with van der Waals surface area (Å²) < 4.78 is 5.15. The Morgan fingerprint density at radius 1 is 1.39 bits per heavy atom. The molecule has 1 unspecified atom stereocenters. The van der Waals surface area contributed by atoms with Crippen LogP contribution < -0.4 is 11.1 Å². The van der Waals surface area contributed by atoms with Gasteiger partial charge in [0.2, 0.25) is 17.6 Å². The molecule has 126 valence electrons. The first-order valence-electron chi connectivity index (χ1n) is 7.13. The molecule has 0 saturated carbocycles. The van der Waals surface area contributed by atoms with Gasteiger partial charge in [0, 0.05) is 30.0 Å². The Kier molecular flexibility index (Phi) is 8.02. The quantitative estimate of drug-likeness (QED) is 0.792. The van der Waals surface area contributed by atoms with Crippen molar-refractivity contribution in [2.45, 2.75) is 19.8 Å². The summed E-state index contributed by atoms with van der Waals surface area (Å²) >= 11 is 5.83. The SMILES string of the molecule is CC(CN)CNC(=O)CCc1nc(-c2ccc(Cl)cc2)no1.Cl. The Balaban J connectivity index is 0.00000264. The Labute approximate surface area is 146 Å². The number of nitrogens with zero attached hydrogens (tertiary/aromatic N) is 2. The molecular weight excluding hydrogens is 339 g/mol. The van der Waals surface area contributed by atoms with E-state index in [2.05, 4.69) is 15.5 Å². The molecule has 1 amide bonds. The summed E-state index contributed by atoms with van der Waals surface area (Å²) in [6, 6.07) is 7.16. The Morgan fingerprint density at radius 3 is 2.74 bits per heavy atom. The second-order valence-corrected chi connectivity index (χ2v) is 5.60. The zero-order valence-corrected chi connectivity index (χ0v) is 14.4. The predicted octanol–water partition coefficient (Wildman–Crippen LogP) is 2.46. The van der Waals surface area contributed by atoms with Crippen molar-refractivity contribution in [3.63, 3.8) is 0 Å². The lowest BCUT2D eigenvalue weighted by molar-refractivity contribution is -0.121.